The maximum absolute atomic E-state index is 11.9. The number of carbonyl (C=O) groups excluding carboxylic acids is 3. The highest BCUT2D eigenvalue weighted by atomic mass is 16.6. The van der Waals surface area contributed by atoms with Crippen LogP contribution in [0.1, 0.15) is 16.8 Å². The Morgan fingerprint density at radius 3 is 2.74 bits per heavy atom. The first-order valence-electron chi connectivity index (χ1n) is 5.88. The molecule has 98 valence electrons. The van der Waals surface area contributed by atoms with E-state index >= 15 is 0 Å². The van der Waals surface area contributed by atoms with Crippen LogP contribution in [0.2, 0.25) is 0 Å². The summed E-state index contributed by atoms with van der Waals surface area (Å²) in [4.78, 5) is 35.2. The minimum Gasteiger partial charge on any atom is -0.507 e. The van der Waals surface area contributed by atoms with E-state index in [0.29, 0.717) is 0 Å². The Balaban J connectivity index is 1.75. The number of ether oxygens (including phenoxy) is 1. The molecule has 1 aliphatic carbocycles. The lowest BCUT2D eigenvalue weighted by atomic mass is 9.93. The van der Waals surface area contributed by atoms with Gasteiger partial charge in [-0.25, -0.2) is 0 Å². The number of benzene rings is 1. The second-order valence-electron chi connectivity index (χ2n) is 4.59. The molecule has 1 saturated heterocycles. The third-order valence-corrected chi connectivity index (χ3v) is 3.29. The number of fused-ring (bicyclic) bond motifs is 1. The fraction of sp³-hybridized carbons (Fsp3) is 0.308. The fourth-order valence-electron chi connectivity index (χ4n) is 2.21. The van der Waals surface area contributed by atoms with Gasteiger partial charge in [0, 0.05) is 6.42 Å². The average Bonchev–Trinajstić information content (AvgIpc) is 3.17. The molecule has 1 aromatic rings. The van der Waals surface area contributed by atoms with Crippen LogP contribution in [0.5, 0.6) is 5.75 Å². The Morgan fingerprint density at radius 1 is 1.26 bits per heavy atom. The lowest BCUT2D eigenvalue weighted by Gasteiger charge is -2.18. The zero-order chi connectivity index (χ0) is 13.6. The van der Waals surface area contributed by atoms with E-state index in [1.54, 1.807) is 12.1 Å². The van der Waals surface area contributed by atoms with E-state index < -0.39 is 24.2 Å². The molecule has 2 fully saturated rings. The number of hydrogen-bond donors (Lipinski definition) is 2. The Kier molecular flexibility index (Phi) is 2.60. The summed E-state index contributed by atoms with van der Waals surface area (Å²) in [5.74, 6) is -1.21. The third-order valence-electron chi connectivity index (χ3n) is 3.29. The molecule has 1 saturated carbocycles. The van der Waals surface area contributed by atoms with Crippen molar-refractivity contribution in [2.45, 2.75) is 24.7 Å². The van der Waals surface area contributed by atoms with Gasteiger partial charge in [-0.1, -0.05) is 12.1 Å². The first-order valence-corrected chi connectivity index (χ1v) is 5.88. The predicted molar refractivity (Wildman–Crippen MR) is 62.7 cm³/mol. The molecule has 1 aromatic carbocycles. The van der Waals surface area contributed by atoms with Crippen LogP contribution in [-0.4, -0.2) is 40.8 Å². The van der Waals surface area contributed by atoms with Crippen LogP contribution >= 0.6 is 0 Å². The molecule has 0 bridgehead atoms. The highest BCUT2D eigenvalue weighted by molar-refractivity contribution is 6.08. The van der Waals surface area contributed by atoms with Gasteiger partial charge < -0.3 is 15.2 Å². The first kappa shape index (κ1) is 11.9. The highest BCUT2D eigenvalue weighted by Crippen LogP contribution is 2.31. The number of aromatic hydroxyl groups is 1. The molecule has 2 aliphatic rings. The number of Topliss-reactive ketones (excluding diaryl/α,β-unsaturated/α-hetero) is 2. The molecule has 6 nitrogen and oxygen atoms in total. The topological polar surface area (TPSA) is 96.0 Å². The zero-order valence-electron chi connectivity index (χ0n) is 9.83. The fourth-order valence-corrected chi connectivity index (χ4v) is 2.21. The summed E-state index contributed by atoms with van der Waals surface area (Å²) in [6.07, 6.45) is -1.36. The number of amides is 1. The number of hydrogen-bond acceptors (Lipinski definition) is 5. The molecular formula is C13H11NO5. The number of rotatable bonds is 2. The van der Waals surface area contributed by atoms with E-state index in [1.165, 1.54) is 12.1 Å². The van der Waals surface area contributed by atoms with Crippen LogP contribution < -0.4 is 5.32 Å². The van der Waals surface area contributed by atoms with Gasteiger partial charge in [0.05, 0.1) is 11.6 Å². The van der Waals surface area contributed by atoms with Gasteiger partial charge in [0.2, 0.25) is 0 Å². The van der Waals surface area contributed by atoms with Crippen molar-refractivity contribution in [1.29, 1.82) is 0 Å². The van der Waals surface area contributed by atoms with Gasteiger partial charge in [-0.3, -0.25) is 14.4 Å². The van der Waals surface area contributed by atoms with Crippen LogP contribution in [0.3, 0.4) is 0 Å². The summed E-state index contributed by atoms with van der Waals surface area (Å²) in [6.45, 7) is 0. The maximum Gasteiger partial charge on any atom is 0.255 e. The summed E-state index contributed by atoms with van der Waals surface area (Å²) in [5, 5.41) is 12.0. The lowest BCUT2D eigenvalue weighted by Crippen LogP contribution is -2.48. The third kappa shape index (κ3) is 2.00. The molecule has 1 heterocycles. The van der Waals surface area contributed by atoms with Crippen molar-refractivity contribution in [3.63, 3.8) is 0 Å². The number of phenols is 1. The molecule has 3 atom stereocenters. The zero-order valence-corrected chi connectivity index (χ0v) is 9.83. The van der Waals surface area contributed by atoms with Gasteiger partial charge >= 0.3 is 0 Å². The lowest BCUT2D eigenvalue weighted by molar-refractivity contribution is -0.128. The number of nitrogens with one attached hydrogen (secondary N) is 1. The summed E-state index contributed by atoms with van der Waals surface area (Å²) in [5.41, 5.74) is 0.0709. The van der Waals surface area contributed by atoms with Crippen molar-refractivity contribution in [1.82, 2.24) is 5.32 Å². The molecule has 1 unspecified atom stereocenters. The SMILES string of the molecule is O=C(NC1CC(=O)[C@H]2O[C@H]2C1=O)c1ccccc1O. The summed E-state index contributed by atoms with van der Waals surface area (Å²) in [7, 11) is 0. The van der Waals surface area contributed by atoms with E-state index in [-0.39, 0.29) is 29.3 Å². The summed E-state index contributed by atoms with van der Waals surface area (Å²) in [6, 6.07) is 5.13. The second-order valence-corrected chi connectivity index (χ2v) is 4.59. The van der Waals surface area contributed by atoms with Gasteiger partial charge in [0.25, 0.3) is 5.91 Å². The summed E-state index contributed by atoms with van der Waals surface area (Å²) < 4.78 is 4.94. The van der Waals surface area contributed by atoms with Crippen LogP contribution in [0, 0.1) is 0 Å². The van der Waals surface area contributed by atoms with Crippen LogP contribution in [0.15, 0.2) is 24.3 Å². The van der Waals surface area contributed by atoms with Gasteiger partial charge in [0.15, 0.2) is 23.8 Å². The molecule has 3 rings (SSSR count). The van der Waals surface area contributed by atoms with E-state index in [4.69, 9.17) is 4.74 Å². The van der Waals surface area contributed by atoms with Crippen molar-refractivity contribution in [3.05, 3.63) is 29.8 Å². The highest BCUT2D eigenvalue weighted by Gasteiger charge is 2.56. The standard InChI is InChI=1S/C13H11NO5/c15-8-4-2-1-3-6(8)13(18)14-7-5-9(16)11-12(19-11)10(7)17/h1-4,7,11-12,15H,5H2,(H,14,18)/t7?,11-,12+/m1/s1. The average molecular weight is 261 g/mol. The van der Waals surface area contributed by atoms with E-state index in [1.807, 2.05) is 0 Å². The van der Waals surface area contributed by atoms with Crippen molar-refractivity contribution < 1.29 is 24.2 Å². The molecule has 0 spiro atoms. The number of carbonyl (C=O) groups is 3. The normalized spacial score (nSPS) is 28.7. The van der Waals surface area contributed by atoms with E-state index in [9.17, 15) is 19.5 Å². The molecule has 1 amide bonds. The van der Waals surface area contributed by atoms with Gasteiger partial charge in [-0.2, -0.15) is 0 Å². The van der Waals surface area contributed by atoms with Crippen molar-refractivity contribution in [3.8, 4) is 5.75 Å². The van der Waals surface area contributed by atoms with Crippen molar-refractivity contribution >= 4 is 17.5 Å². The number of epoxide rings is 1. The van der Waals surface area contributed by atoms with Crippen molar-refractivity contribution in [2.75, 3.05) is 0 Å². The molecule has 0 radical (unpaired) electrons. The van der Waals surface area contributed by atoms with Crippen LogP contribution in [0.25, 0.3) is 0 Å². The maximum atomic E-state index is 11.9. The molecule has 0 aromatic heterocycles. The number of ketones is 2. The molecular weight excluding hydrogens is 250 g/mol. The Morgan fingerprint density at radius 2 is 2.00 bits per heavy atom. The molecule has 19 heavy (non-hydrogen) atoms. The monoisotopic (exact) mass is 261 g/mol. The predicted octanol–water partition coefficient (Wildman–Crippen LogP) is -0.200. The van der Waals surface area contributed by atoms with Gasteiger partial charge in [-0.15, -0.1) is 0 Å². The van der Waals surface area contributed by atoms with E-state index in [2.05, 4.69) is 5.32 Å². The van der Waals surface area contributed by atoms with Gasteiger partial charge in [-0.05, 0) is 12.1 Å². The minimum atomic E-state index is -0.872. The first-order chi connectivity index (χ1) is 9.08. The van der Waals surface area contributed by atoms with Crippen LogP contribution in [-0.2, 0) is 14.3 Å². The smallest absolute Gasteiger partial charge is 0.255 e. The Hall–Kier alpha value is -2.21. The Labute approximate surface area is 108 Å². The number of phenolic OH excluding ortho intramolecular Hbond substituents is 1. The van der Waals surface area contributed by atoms with Gasteiger partial charge in [0.1, 0.15) is 5.75 Å². The molecule has 1 aliphatic heterocycles. The largest absolute Gasteiger partial charge is 0.507 e. The molecule has 6 heteroatoms. The van der Waals surface area contributed by atoms with E-state index in [0.717, 1.165) is 0 Å². The van der Waals surface area contributed by atoms with Crippen LogP contribution in [0.4, 0.5) is 0 Å². The Bertz CT molecular complexity index is 582. The minimum absolute atomic E-state index is 0.0562. The second kappa shape index (κ2) is 4.17. The molecule has 2 N–H and O–H groups in total. The quantitative estimate of drug-likeness (QED) is 0.719. The summed E-state index contributed by atoms with van der Waals surface area (Å²) >= 11 is 0. The number of para-hydroxylation sites is 1. The van der Waals surface area contributed by atoms with Crippen molar-refractivity contribution in [2.24, 2.45) is 0 Å².